The quantitative estimate of drug-likeness (QED) is 0.103. The van der Waals surface area contributed by atoms with Crippen molar-refractivity contribution in [1.82, 2.24) is 21.3 Å². The van der Waals surface area contributed by atoms with Crippen LogP contribution < -0.4 is 16.2 Å². The monoisotopic (exact) mass is 490 g/mol. The lowest BCUT2D eigenvalue weighted by Gasteiger charge is -2.20. The number of hydrogen-bond donors (Lipinski definition) is 4. The topological polar surface area (TPSA) is 111 Å². The van der Waals surface area contributed by atoms with Crippen LogP contribution in [0.4, 0.5) is 0 Å². The molecule has 0 aliphatic heterocycles. The maximum Gasteiger partial charge on any atom is 0.303 e. The summed E-state index contributed by atoms with van der Waals surface area (Å²) in [6, 6.07) is 0. The van der Waals surface area contributed by atoms with Gasteiger partial charge in [0.1, 0.15) is 0 Å². The largest absolute Gasteiger partial charge is 0.481 e. The average Bonchev–Trinajstić information content (AvgIpc) is 2.79. The van der Waals surface area contributed by atoms with Gasteiger partial charge in [-0.1, -0.05) is 65.0 Å². The highest BCUT2D eigenvalue weighted by molar-refractivity contribution is 6.15. The summed E-state index contributed by atoms with van der Waals surface area (Å²) in [6.45, 7) is 11.7. The highest BCUT2D eigenvalue weighted by atomic mass is 35.5. The van der Waals surface area contributed by atoms with Crippen molar-refractivity contribution >= 4 is 29.4 Å². The van der Waals surface area contributed by atoms with Crippen LogP contribution in [0.2, 0.25) is 0 Å². The second-order valence-electron chi connectivity index (χ2n) is 7.45. The third kappa shape index (κ3) is 24.6. The fraction of sp³-hybridized carbons (Fsp3) is 0.708. The third-order valence-electron chi connectivity index (χ3n) is 4.50. The van der Waals surface area contributed by atoms with Crippen LogP contribution >= 0.6 is 11.6 Å². The van der Waals surface area contributed by atoms with Gasteiger partial charge < -0.3 is 10.4 Å². The van der Waals surface area contributed by atoms with Crippen LogP contribution in [0.3, 0.4) is 0 Å². The third-order valence-corrected chi connectivity index (χ3v) is 4.50. The maximum absolute atomic E-state index is 11.4. The first kappa shape index (κ1) is 35.7. The van der Waals surface area contributed by atoms with E-state index in [0.29, 0.717) is 17.6 Å². The van der Waals surface area contributed by atoms with Crippen molar-refractivity contribution in [3.63, 3.8) is 0 Å². The second kappa shape index (κ2) is 26.4. The fourth-order valence-corrected chi connectivity index (χ4v) is 2.70. The summed E-state index contributed by atoms with van der Waals surface area (Å²) in [7, 11) is 3.35. The van der Waals surface area contributed by atoms with Crippen molar-refractivity contribution < 1.29 is 19.5 Å². The lowest BCUT2D eigenvalue weighted by atomic mass is 10.1. The van der Waals surface area contributed by atoms with E-state index in [1.807, 2.05) is 6.92 Å². The summed E-state index contributed by atoms with van der Waals surface area (Å²) in [5, 5.41) is 12.6. The Morgan fingerprint density at radius 3 is 1.70 bits per heavy atom. The molecule has 0 aliphatic rings. The molecule has 0 spiro atoms. The Balaban J connectivity index is -0.000000553. The highest BCUT2D eigenvalue weighted by Gasteiger charge is 2.12. The molecule has 0 aromatic carbocycles. The van der Waals surface area contributed by atoms with Crippen LogP contribution in [0.25, 0.3) is 0 Å². The molecule has 0 rings (SSSR count). The number of amides is 2. The molecule has 0 atom stereocenters. The Morgan fingerprint density at radius 1 is 0.848 bits per heavy atom. The highest BCUT2D eigenvalue weighted by Crippen LogP contribution is 2.09. The molecular weight excluding hydrogens is 444 g/mol. The summed E-state index contributed by atoms with van der Waals surface area (Å²) >= 11 is 4.64. The lowest BCUT2D eigenvalue weighted by molar-refractivity contribution is -0.137. The molecule has 0 bridgehead atoms. The van der Waals surface area contributed by atoms with E-state index in [2.05, 4.69) is 40.9 Å². The molecule has 9 heteroatoms. The SMILES string of the molecule is C=C(C)C(=O)NCCCCCCCCCCC(=O)O.C=C(CCC)C(=O)N(NC)NC.CCl. The zero-order chi connectivity index (χ0) is 26.1. The smallest absolute Gasteiger partial charge is 0.303 e. The predicted octanol–water partition coefficient (Wildman–Crippen LogP) is 4.57. The van der Waals surface area contributed by atoms with Crippen molar-refractivity contribution in [2.75, 3.05) is 27.0 Å². The first-order valence-electron chi connectivity index (χ1n) is 11.6. The number of alkyl halides is 1. The van der Waals surface area contributed by atoms with Gasteiger partial charge in [0.15, 0.2) is 0 Å². The molecule has 194 valence electrons. The van der Waals surface area contributed by atoms with E-state index in [9.17, 15) is 14.4 Å². The fourth-order valence-electron chi connectivity index (χ4n) is 2.70. The molecule has 0 saturated carbocycles. The Morgan fingerprint density at radius 2 is 1.30 bits per heavy atom. The summed E-state index contributed by atoms with van der Waals surface area (Å²) in [5.74, 6) is -0.864. The number of rotatable bonds is 17. The minimum atomic E-state index is -0.697. The maximum atomic E-state index is 11.4. The normalized spacial score (nSPS) is 9.52. The van der Waals surface area contributed by atoms with Crippen LogP contribution in [0.15, 0.2) is 24.3 Å². The van der Waals surface area contributed by atoms with Gasteiger partial charge in [-0.05, 0) is 26.2 Å². The molecule has 33 heavy (non-hydrogen) atoms. The number of halogens is 1. The zero-order valence-electron chi connectivity index (χ0n) is 21.4. The van der Waals surface area contributed by atoms with Gasteiger partial charge in [-0.25, -0.2) is 16.0 Å². The van der Waals surface area contributed by atoms with Gasteiger partial charge in [-0.3, -0.25) is 14.4 Å². The molecule has 8 nitrogen and oxygen atoms in total. The summed E-state index contributed by atoms with van der Waals surface area (Å²) in [5.41, 5.74) is 6.57. The number of hydrogen-bond acceptors (Lipinski definition) is 5. The number of nitrogens with one attached hydrogen (secondary N) is 3. The number of aliphatic carboxylic acids is 1. The van der Waals surface area contributed by atoms with E-state index in [0.717, 1.165) is 51.5 Å². The molecule has 0 aromatic rings. The number of carbonyl (C=O) groups is 3. The molecule has 0 aromatic heterocycles. The van der Waals surface area contributed by atoms with Crippen LogP contribution in [0, 0.1) is 0 Å². The first-order chi connectivity index (χ1) is 15.7. The van der Waals surface area contributed by atoms with Crippen molar-refractivity contribution in [1.29, 1.82) is 0 Å². The summed E-state index contributed by atoms with van der Waals surface area (Å²) in [6.07, 6.45) is 12.1. The van der Waals surface area contributed by atoms with Crippen molar-refractivity contribution in [3.05, 3.63) is 24.3 Å². The molecule has 0 saturated heterocycles. The molecule has 0 fully saturated rings. The molecule has 0 radical (unpaired) electrons. The molecule has 0 aliphatic carbocycles. The number of hydrazine groups is 2. The van der Waals surface area contributed by atoms with Crippen LogP contribution in [0.1, 0.15) is 84.5 Å². The van der Waals surface area contributed by atoms with Gasteiger partial charge in [-0.2, -0.15) is 0 Å². The van der Waals surface area contributed by atoms with E-state index in [1.54, 1.807) is 21.0 Å². The molecule has 0 heterocycles. The predicted molar refractivity (Wildman–Crippen MR) is 138 cm³/mol. The van der Waals surface area contributed by atoms with Crippen molar-refractivity contribution in [2.24, 2.45) is 0 Å². The second-order valence-corrected chi connectivity index (χ2v) is 7.45. The number of carboxylic acid groups (broad SMARTS) is 1. The number of nitrogens with zero attached hydrogens (tertiary/aromatic N) is 1. The number of unbranched alkanes of at least 4 members (excludes halogenated alkanes) is 7. The zero-order valence-corrected chi connectivity index (χ0v) is 22.2. The van der Waals surface area contributed by atoms with E-state index in [1.165, 1.54) is 30.8 Å². The number of carboxylic acids is 1. The van der Waals surface area contributed by atoms with Gasteiger partial charge in [0.25, 0.3) is 5.91 Å². The lowest BCUT2D eigenvalue weighted by Crippen LogP contribution is -2.48. The molecule has 4 N–H and O–H groups in total. The first-order valence-corrected chi connectivity index (χ1v) is 12.4. The van der Waals surface area contributed by atoms with Crippen LogP contribution in [-0.4, -0.2) is 55.0 Å². The van der Waals surface area contributed by atoms with E-state index >= 15 is 0 Å². The van der Waals surface area contributed by atoms with Gasteiger partial charge in [0.2, 0.25) is 5.91 Å². The van der Waals surface area contributed by atoms with Gasteiger partial charge in [0, 0.05) is 44.6 Å². The van der Waals surface area contributed by atoms with E-state index < -0.39 is 5.97 Å². The Hall–Kier alpha value is -1.90. The van der Waals surface area contributed by atoms with Gasteiger partial charge >= 0.3 is 5.97 Å². The Bertz CT molecular complexity index is 553. The minimum absolute atomic E-state index is 0.0570. The van der Waals surface area contributed by atoms with Crippen molar-refractivity contribution in [3.8, 4) is 0 Å². The standard InChI is InChI=1S/C15H27NO3.C8H17N3O.CH3Cl/c1-13(2)15(19)16-12-10-8-6-4-3-5-7-9-11-14(17)18;1-5-6-7(2)8(12)11(9-3)10-4;1-2/h1,3-12H2,2H3,(H,16,19)(H,17,18);9-10H,2,5-6H2,1,3-4H3;1H3. The van der Waals surface area contributed by atoms with Gasteiger partial charge in [-0.15, -0.1) is 11.6 Å². The van der Waals surface area contributed by atoms with Gasteiger partial charge in [0.05, 0.1) is 0 Å². The summed E-state index contributed by atoms with van der Waals surface area (Å²) < 4.78 is 0. The van der Waals surface area contributed by atoms with Crippen molar-refractivity contribution in [2.45, 2.75) is 84.5 Å². The van der Waals surface area contributed by atoms with E-state index in [4.69, 9.17) is 5.11 Å². The van der Waals surface area contributed by atoms with Crippen LogP contribution in [-0.2, 0) is 14.4 Å². The Labute approximate surface area is 206 Å². The molecule has 2 amide bonds. The van der Waals surface area contributed by atoms with Crippen LogP contribution in [0.5, 0.6) is 0 Å². The van der Waals surface area contributed by atoms with E-state index in [-0.39, 0.29) is 11.8 Å². The summed E-state index contributed by atoms with van der Waals surface area (Å²) in [4.78, 5) is 32.9. The minimum Gasteiger partial charge on any atom is -0.481 e. The molecular formula is C24H47ClN4O4. The molecule has 0 unspecified atom stereocenters. The number of carbonyl (C=O) groups excluding carboxylic acids is 2. The average molecular weight is 491 g/mol. The Kier molecular flexibility index (Phi) is 28.5.